The molecule has 0 N–H and O–H groups in total. The van der Waals surface area contributed by atoms with Gasteiger partial charge in [0.25, 0.3) is 0 Å². The van der Waals surface area contributed by atoms with Crippen molar-refractivity contribution in [3.8, 4) is 0 Å². The highest BCUT2D eigenvalue weighted by Crippen LogP contribution is 2.17. The zero-order chi connectivity index (χ0) is 52.1. The van der Waals surface area contributed by atoms with Crippen LogP contribution in [0.5, 0.6) is 0 Å². The third-order valence-corrected chi connectivity index (χ3v) is 11.8. The number of carbonyl (C=O) groups is 4. The average Bonchev–Trinajstić information content (AvgIpc) is 3.35. The lowest BCUT2D eigenvalue weighted by Gasteiger charge is -2.20. The van der Waals surface area contributed by atoms with Gasteiger partial charge in [-0.1, -0.05) is 128 Å². The van der Waals surface area contributed by atoms with Gasteiger partial charge in [0.05, 0.1) is 38.8 Å². The number of esters is 2. The fraction of sp³-hybridized carbons (Fsp3) is 0.797. The van der Waals surface area contributed by atoms with Gasteiger partial charge in [0.15, 0.2) is 12.1 Å². The maximum atomic E-state index is 13.1. The molecule has 0 radical (unpaired) electrons. The number of rotatable bonds is 52. The zero-order valence-electron chi connectivity index (χ0n) is 46.2. The lowest BCUT2D eigenvalue weighted by Crippen LogP contribution is -2.27. The van der Waals surface area contributed by atoms with Gasteiger partial charge in [0.1, 0.15) is 12.7 Å². The van der Waals surface area contributed by atoms with Crippen LogP contribution in [0.4, 0.5) is 4.79 Å². The van der Waals surface area contributed by atoms with Crippen LogP contribution in [-0.4, -0.2) is 108 Å². The van der Waals surface area contributed by atoms with Crippen molar-refractivity contribution < 1.29 is 52.3 Å². The Bertz CT molecular complexity index is 1340. The van der Waals surface area contributed by atoms with E-state index in [-0.39, 0.29) is 51.7 Å². The maximum Gasteiger partial charge on any atom is 0.508 e. The summed E-state index contributed by atoms with van der Waals surface area (Å²) >= 11 is 0. The number of carbonyl (C=O) groups excluding carboxylic acids is 4. The average molecular weight is 1000 g/mol. The first-order valence-corrected chi connectivity index (χ1v) is 28.4. The Kier molecular flexibility index (Phi) is 50.5. The molecule has 0 amide bonds. The molecule has 0 heterocycles. The highest BCUT2D eigenvalue weighted by Gasteiger charge is 2.21. The molecule has 0 aliphatic heterocycles. The van der Waals surface area contributed by atoms with Gasteiger partial charge in [0.2, 0.25) is 0 Å². The third kappa shape index (κ3) is 50.0. The maximum absolute atomic E-state index is 13.1. The fourth-order valence-electron chi connectivity index (χ4n) is 7.48. The number of hydrogen-bond acceptors (Lipinski definition) is 12. The Labute approximate surface area is 433 Å². The van der Waals surface area contributed by atoms with E-state index in [4.69, 9.17) is 33.2 Å². The van der Waals surface area contributed by atoms with Gasteiger partial charge in [-0.25, -0.2) is 4.79 Å². The molecule has 0 aromatic heterocycles. The quantitative estimate of drug-likeness (QED) is 0.0189. The standard InChI is InChI=1S/C59H105NO11/c1-7-11-15-19-22-23-24-25-26-27-28-29-30-31-34-39-54(61)52-65-49-53(50-69-56(62)42-41-55(40-35-18-14-10-4)71-59(64)68-48-38-45-60(5)6)51-70-57(63)43-44-58(66-46-36-32-20-16-12-8-2)67-47-37-33-21-17-13-9-3/h12-13,16-17,22-23,25-26,53,55,58H,7-11,14-15,18-21,24,27-52H2,1-6H3/b16-12-,17-13-,23-22-,26-25-. The first kappa shape index (κ1) is 67.7. The molecule has 0 aromatic rings. The number of ether oxygens (including phenoxy) is 7. The largest absolute Gasteiger partial charge is 0.508 e. The molecule has 0 aliphatic rings. The van der Waals surface area contributed by atoms with Crippen LogP contribution in [0.3, 0.4) is 0 Å². The van der Waals surface area contributed by atoms with Crippen LogP contribution in [0.25, 0.3) is 0 Å². The van der Waals surface area contributed by atoms with Crippen LogP contribution >= 0.6 is 0 Å². The van der Waals surface area contributed by atoms with Crippen LogP contribution in [0.1, 0.15) is 220 Å². The zero-order valence-corrected chi connectivity index (χ0v) is 46.2. The van der Waals surface area contributed by atoms with Crippen molar-refractivity contribution in [1.82, 2.24) is 4.90 Å². The summed E-state index contributed by atoms with van der Waals surface area (Å²) in [6.45, 7) is 10.7. The number of Topliss-reactive ketones (excluding diaryl/α,β-unsaturated/α-hetero) is 1. The van der Waals surface area contributed by atoms with E-state index in [0.29, 0.717) is 45.3 Å². The molecule has 2 atom stereocenters. The Balaban J connectivity index is 5.29. The number of allylic oxidation sites excluding steroid dienone is 8. The SMILES string of the molecule is CC/C=C\CCCCOC(CCC(=O)OCC(COCC(=O)CCCCCCC/C=C\C/C=C\CCCCC)COC(=O)CCC(CCCCCC)OC(=O)OCCCN(C)C)OCCCC/C=C\CC. The van der Waals surface area contributed by atoms with Crippen molar-refractivity contribution in [1.29, 1.82) is 0 Å². The number of unbranched alkanes of at least 4 members (excludes halogenated alkanes) is 15. The summed E-state index contributed by atoms with van der Waals surface area (Å²) in [6, 6.07) is 0. The van der Waals surface area contributed by atoms with E-state index in [9.17, 15) is 19.2 Å². The van der Waals surface area contributed by atoms with Gasteiger partial charge in [0, 0.05) is 39.0 Å². The minimum atomic E-state index is -0.725. The second-order valence-electron chi connectivity index (χ2n) is 19.1. The minimum absolute atomic E-state index is 0.0190. The summed E-state index contributed by atoms with van der Waals surface area (Å²) in [4.78, 5) is 53.6. The van der Waals surface area contributed by atoms with Crippen LogP contribution in [0, 0.1) is 5.92 Å². The van der Waals surface area contributed by atoms with Crippen LogP contribution in [-0.2, 0) is 47.5 Å². The van der Waals surface area contributed by atoms with Gasteiger partial charge in [-0.15, -0.1) is 0 Å². The summed E-state index contributed by atoms with van der Waals surface area (Å²) in [5, 5.41) is 0. The van der Waals surface area contributed by atoms with Crippen LogP contribution < -0.4 is 0 Å². The van der Waals surface area contributed by atoms with Crippen molar-refractivity contribution in [2.24, 2.45) is 5.92 Å². The molecule has 0 aliphatic carbocycles. The van der Waals surface area contributed by atoms with Crippen molar-refractivity contribution >= 4 is 23.9 Å². The van der Waals surface area contributed by atoms with Crippen molar-refractivity contribution in [3.05, 3.63) is 48.6 Å². The van der Waals surface area contributed by atoms with E-state index in [1.165, 1.54) is 25.7 Å². The summed E-state index contributed by atoms with van der Waals surface area (Å²) in [5.74, 6) is -1.34. The molecule has 12 nitrogen and oxygen atoms in total. The minimum Gasteiger partial charge on any atom is -0.465 e. The first-order valence-electron chi connectivity index (χ1n) is 28.4. The summed E-state index contributed by atoms with van der Waals surface area (Å²) < 4.78 is 40.4. The highest BCUT2D eigenvalue weighted by atomic mass is 16.7. The number of ketones is 1. The summed E-state index contributed by atoms with van der Waals surface area (Å²) in [6.07, 6.45) is 42.9. The van der Waals surface area contributed by atoms with Crippen LogP contribution in [0.15, 0.2) is 48.6 Å². The number of nitrogens with zero attached hydrogens (tertiary/aromatic N) is 1. The van der Waals surface area contributed by atoms with Gasteiger partial charge in [-0.2, -0.15) is 0 Å². The van der Waals surface area contributed by atoms with Gasteiger partial charge < -0.3 is 38.1 Å². The molecule has 2 unspecified atom stereocenters. The molecule has 0 fully saturated rings. The first-order chi connectivity index (χ1) is 34.6. The van der Waals surface area contributed by atoms with Crippen LogP contribution in [0.2, 0.25) is 0 Å². The van der Waals surface area contributed by atoms with E-state index in [1.807, 2.05) is 19.0 Å². The van der Waals surface area contributed by atoms with Crippen molar-refractivity contribution in [2.45, 2.75) is 233 Å². The second-order valence-corrected chi connectivity index (χ2v) is 19.1. The molecule has 71 heavy (non-hydrogen) atoms. The predicted molar refractivity (Wildman–Crippen MR) is 289 cm³/mol. The fourth-order valence-corrected chi connectivity index (χ4v) is 7.48. The van der Waals surface area contributed by atoms with Gasteiger partial charge in [-0.3, -0.25) is 14.4 Å². The van der Waals surface area contributed by atoms with Gasteiger partial charge in [-0.05, 0) is 130 Å². The third-order valence-electron chi connectivity index (χ3n) is 11.8. The Morgan fingerprint density at radius 1 is 0.479 bits per heavy atom. The summed E-state index contributed by atoms with van der Waals surface area (Å²) in [7, 11) is 3.92. The molecule has 0 bridgehead atoms. The molecule has 12 heteroatoms. The monoisotopic (exact) mass is 1000 g/mol. The Morgan fingerprint density at radius 2 is 1.00 bits per heavy atom. The normalized spacial score (nSPS) is 12.8. The lowest BCUT2D eigenvalue weighted by atomic mass is 10.1. The molecule has 0 aromatic carbocycles. The van der Waals surface area contributed by atoms with Crippen molar-refractivity contribution in [2.75, 3.05) is 66.9 Å². The van der Waals surface area contributed by atoms with Gasteiger partial charge >= 0.3 is 18.1 Å². The van der Waals surface area contributed by atoms with E-state index < -0.39 is 36.4 Å². The Morgan fingerprint density at radius 3 is 1.59 bits per heavy atom. The topological polar surface area (TPSA) is 136 Å². The molecular formula is C59H105NO11. The predicted octanol–water partition coefficient (Wildman–Crippen LogP) is 14.7. The molecule has 0 rings (SSSR count). The smallest absolute Gasteiger partial charge is 0.465 e. The lowest BCUT2D eigenvalue weighted by molar-refractivity contribution is -0.161. The molecule has 0 saturated heterocycles. The molecule has 412 valence electrons. The highest BCUT2D eigenvalue weighted by molar-refractivity contribution is 5.79. The van der Waals surface area contributed by atoms with E-state index in [0.717, 1.165) is 129 Å². The van der Waals surface area contributed by atoms with E-state index in [1.54, 1.807) is 0 Å². The Hall–Kier alpha value is -3.32. The second kappa shape index (κ2) is 53.0. The number of hydrogen-bond donors (Lipinski definition) is 0. The van der Waals surface area contributed by atoms with E-state index in [2.05, 4.69) is 76.3 Å². The van der Waals surface area contributed by atoms with Crippen molar-refractivity contribution in [3.63, 3.8) is 0 Å². The summed E-state index contributed by atoms with van der Waals surface area (Å²) in [5.41, 5.74) is 0. The molecule has 0 spiro atoms. The van der Waals surface area contributed by atoms with E-state index >= 15 is 0 Å². The molecule has 0 saturated carbocycles. The molecular weight excluding hydrogens is 899 g/mol.